The van der Waals surface area contributed by atoms with E-state index in [-0.39, 0.29) is 12.2 Å². The molecule has 0 amide bonds. The molecule has 7 heteroatoms. The first-order valence-electron chi connectivity index (χ1n) is 6.51. The van der Waals surface area contributed by atoms with Crippen LogP contribution in [0.15, 0.2) is 12.3 Å². The Balaban J connectivity index is 2.35. The second-order valence-electron chi connectivity index (χ2n) is 4.66. The summed E-state index contributed by atoms with van der Waals surface area (Å²) in [6.45, 7) is 5.72. The summed E-state index contributed by atoms with van der Waals surface area (Å²) in [6.07, 6.45) is 1.42. The molecule has 0 atom stereocenters. The van der Waals surface area contributed by atoms with Crippen LogP contribution in [-0.2, 0) is 4.74 Å². The van der Waals surface area contributed by atoms with Gasteiger partial charge in [0.05, 0.1) is 34.0 Å². The van der Waals surface area contributed by atoms with Gasteiger partial charge in [0, 0.05) is 12.3 Å². The quantitative estimate of drug-likeness (QED) is 0.681. The van der Waals surface area contributed by atoms with Crippen LogP contribution in [0.4, 0.5) is 0 Å². The van der Waals surface area contributed by atoms with Crippen LogP contribution in [0.25, 0.3) is 16.7 Å². The molecule has 0 N–H and O–H groups in total. The molecule has 21 heavy (non-hydrogen) atoms. The van der Waals surface area contributed by atoms with Gasteiger partial charge in [0.1, 0.15) is 0 Å². The molecule has 0 aliphatic carbocycles. The average molecular weight is 305 g/mol. The first-order chi connectivity index (χ1) is 10.0. The molecule has 0 aliphatic rings. The second-order valence-corrected chi connectivity index (χ2v) is 5.04. The van der Waals surface area contributed by atoms with Gasteiger partial charge >= 0.3 is 5.97 Å². The maximum atomic E-state index is 11.9. The minimum absolute atomic E-state index is 0.235. The summed E-state index contributed by atoms with van der Waals surface area (Å²) in [5.41, 5.74) is 3.04. The van der Waals surface area contributed by atoms with Gasteiger partial charge in [-0.05, 0) is 20.8 Å². The molecule has 0 radical (unpaired) electrons. The number of aromatic nitrogens is 4. The van der Waals surface area contributed by atoms with E-state index in [1.165, 1.54) is 6.20 Å². The number of aryl methyl sites for hydroxylation is 2. The van der Waals surface area contributed by atoms with Crippen molar-refractivity contribution >= 4 is 34.3 Å². The summed E-state index contributed by atoms with van der Waals surface area (Å²) in [4.78, 5) is 20.7. The average Bonchev–Trinajstić information content (AvgIpc) is 2.79. The zero-order chi connectivity index (χ0) is 15.1. The molecular weight excluding hydrogens is 292 g/mol. The Kier molecular flexibility index (Phi) is 3.25. The smallest absolute Gasteiger partial charge is 0.341 e. The molecule has 0 saturated carbocycles. The van der Waals surface area contributed by atoms with E-state index in [0.717, 1.165) is 5.69 Å². The Morgan fingerprint density at radius 2 is 2.19 bits per heavy atom. The molecule has 0 bridgehead atoms. The van der Waals surface area contributed by atoms with E-state index >= 15 is 0 Å². The Bertz CT molecular complexity index is 872. The number of rotatable bonds is 2. The number of pyridine rings is 1. The van der Waals surface area contributed by atoms with E-state index in [4.69, 9.17) is 16.3 Å². The molecule has 3 heterocycles. The topological polar surface area (TPSA) is 69.4 Å². The predicted octanol–water partition coefficient (Wildman–Crippen LogP) is 2.72. The Hall–Kier alpha value is -2.21. The summed E-state index contributed by atoms with van der Waals surface area (Å²) in [5, 5.41) is 5.25. The normalized spacial score (nSPS) is 11.2. The lowest BCUT2D eigenvalue weighted by Gasteiger charge is -2.09. The Labute approximate surface area is 125 Å². The van der Waals surface area contributed by atoms with Crippen LogP contribution in [0, 0.1) is 13.8 Å². The zero-order valence-corrected chi connectivity index (χ0v) is 12.6. The van der Waals surface area contributed by atoms with Gasteiger partial charge < -0.3 is 4.74 Å². The van der Waals surface area contributed by atoms with Crippen LogP contribution >= 0.6 is 11.6 Å². The molecule has 0 aromatic carbocycles. The van der Waals surface area contributed by atoms with Gasteiger partial charge in [-0.15, -0.1) is 0 Å². The lowest BCUT2D eigenvalue weighted by Crippen LogP contribution is -2.08. The van der Waals surface area contributed by atoms with Gasteiger partial charge in [-0.3, -0.25) is 0 Å². The van der Waals surface area contributed by atoms with Crippen molar-refractivity contribution in [3.8, 4) is 0 Å². The Morgan fingerprint density at radius 1 is 1.43 bits per heavy atom. The highest BCUT2D eigenvalue weighted by atomic mass is 35.5. The van der Waals surface area contributed by atoms with Crippen molar-refractivity contribution in [2.24, 2.45) is 0 Å². The van der Waals surface area contributed by atoms with Crippen molar-refractivity contribution in [3.05, 3.63) is 34.2 Å². The molecule has 0 aliphatic heterocycles. The molecule has 0 spiro atoms. The van der Waals surface area contributed by atoms with Crippen LogP contribution in [0.3, 0.4) is 0 Å². The number of ether oxygens (including phenoxy) is 1. The van der Waals surface area contributed by atoms with Crippen LogP contribution in [-0.4, -0.2) is 32.2 Å². The number of esters is 1. The number of carbonyl (C=O) groups excluding carboxylic acids is 1. The first kappa shape index (κ1) is 13.8. The molecule has 3 rings (SSSR count). The van der Waals surface area contributed by atoms with E-state index in [2.05, 4.69) is 15.1 Å². The van der Waals surface area contributed by atoms with Crippen molar-refractivity contribution in [2.45, 2.75) is 20.8 Å². The molecule has 0 saturated heterocycles. The molecule has 0 unspecified atom stereocenters. The highest BCUT2D eigenvalue weighted by molar-refractivity contribution is 6.38. The van der Waals surface area contributed by atoms with E-state index in [0.29, 0.717) is 27.4 Å². The van der Waals surface area contributed by atoms with E-state index in [1.54, 1.807) is 11.4 Å². The van der Waals surface area contributed by atoms with Gasteiger partial charge in [0.2, 0.25) is 0 Å². The fourth-order valence-corrected chi connectivity index (χ4v) is 2.61. The first-order valence-corrected chi connectivity index (χ1v) is 6.89. The molecule has 3 aromatic rings. The number of nitrogens with zero attached hydrogens (tertiary/aromatic N) is 4. The number of fused-ring (bicyclic) bond motifs is 3. The Morgan fingerprint density at radius 3 is 2.90 bits per heavy atom. The van der Waals surface area contributed by atoms with E-state index in [1.807, 2.05) is 19.9 Å². The van der Waals surface area contributed by atoms with Gasteiger partial charge in [-0.1, -0.05) is 11.6 Å². The SMILES string of the molecule is CCOC(=O)c1cnc2c(c(C)nc3cc(C)nn32)c1Cl. The van der Waals surface area contributed by atoms with Crippen molar-refractivity contribution in [1.29, 1.82) is 0 Å². The van der Waals surface area contributed by atoms with Crippen molar-refractivity contribution < 1.29 is 9.53 Å². The zero-order valence-electron chi connectivity index (χ0n) is 11.8. The maximum absolute atomic E-state index is 11.9. The number of hydrogen-bond acceptors (Lipinski definition) is 5. The fraction of sp³-hybridized carbons (Fsp3) is 0.286. The highest BCUT2D eigenvalue weighted by Gasteiger charge is 2.19. The molecule has 108 valence electrons. The van der Waals surface area contributed by atoms with Crippen molar-refractivity contribution in [2.75, 3.05) is 6.61 Å². The van der Waals surface area contributed by atoms with Crippen LogP contribution in [0.2, 0.25) is 5.02 Å². The second kappa shape index (κ2) is 4.96. The summed E-state index contributed by atoms with van der Waals surface area (Å²) >= 11 is 6.36. The van der Waals surface area contributed by atoms with E-state index in [9.17, 15) is 4.79 Å². The summed E-state index contributed by atoms with van der Waals surface area (Å²) in [5.74, 6) is -0.493. The van der Waals surface area contributed by atoms with Gasteiger partial charge in [0.25, 0.3) is 0 Å². The molecule has 0 fully saturated rings. The lowest BCUT2D eigenvalue weighted by atomic mass is 10.2. The third kappa shape index (κ3) is 2.12. The van der Waals surface area contributed by atoms with Gasteiger partial charge in [-0.25, -0.2) is 14.8 Å². The number of halogens is 1. The van der Waals surface area contributed by atoms with Crippen molar-refractivity contribution in [3.63, 3.8) is 0 Å². The molecular formula is C14H13ClN4O2. The van der Waals surface area contributed by atoms with E-state index < -0.39 is 5.97 Å². The standard InChI is InChI=1S/C14H13ClN4O2/c1-4-21-14(20)9-6-16-13-11(12(9)15)8(3)17-10-5-7(2)18-19(10)13/h5-6H,4H2,1-3H3. The van der Waals surface area contributed by atoms with Crippen LogP contribution < -0.4 is 0 Å². The monoisotopic (exact) mass is 304 g/mol. The third-order valence-electron chi connectivity index (χ3n) is 3.15. The number of carbonyl (C=O) groups is 1. The minimum atomic E-state index is -0.493. The molecule has 6 nitrogen and oxygen atoms in total. The lowest BCUT2D eigenvalue weighted by molar-refractivity contribution is 0.0526. The minimum Gasteiger partial charge on any atom is -0.462 e. The highest BCUT2D eigenvalue weighted by Crippen LogP contribution is 2.28. The van der Waals surface area contributed by atoms with Gasteiger partial charge in [-0.2, -0.15) is 9.61 Å². The number of hydrogen-bond donors (Lipinski definition) is 0. The third-order valence-corrected chi connectivity index (χ3v) is 3.54. The van der Waals surface area contributed by atoms with Gasteiger partial charge in [0.15, 0.2) is 11.3 Å². The largest absolute Gasteiger partial charge is 0.462 e. The molecule has 3 aromatic heterocycles. The van der Waals surface area contributed by atoms with Crippen molar-refractivity contribution in [1.82, 2.24) is 19.6 Å². The fourth-order valence-electron chi connectivity index (χ4n) is 2.26. The van der Waals surface area contributed by atoms with Crippen LogP contribution in [0.5, 0.6) is 0 Å². The van der Waals surface area contributed by atoms with Crippen LogP contribution in [0.1, 0.15) is 28.7 Å². The summed E-state index contributed by atoms with van der Waals surface area (Å²) in [7, 11) is 0. The summed E-state index contributed by atoms with van der Waals surface area (Å²) in [6, 6.07) is 1.86. The summed E-state index contributed by atoms with van der Waals surface area (Å²) < 4.78 is 6.61. The predicted molar refractivity (Wildman–Crippen MR) is 78.7 cm³/mol. The maximum Gasteiger partial charge on any atom is 0.341 e.